The first-order chi connectivity index (χ1) is 9.58. The van der Waals surface area contributed by atoms with Gasteiger partial charge in [0.1, 0.15) is 5.75 Å². The predicted molar refractivity (Wildman–Crippen MR) is 83.2 cm³/mol. The number of halogens is 1. The molecule has 0 atom stereocenters. The van der Waals surface area contributed by atoms with Crippen molar-refractivity contribution in [2.24, 2.45) is 0 Å². The Bertz CT molecular complexity index is 460. The molecule has 4 nitrogen and oxygen atoms in total. The van der Waals surface area contributed by atoms with E-state index in [4.69, 9.17) is 4.74 Å². The van der Waals surface area contributed by atoms with E-state index in [0.717, 1.165) is 53.9 Å². The predicted octanol–water partition coefficient (Wildman–Crippen LogP) is 2.27. The second-order valence-corrected chi connectivity index (χ2v) is 5.94. The summed E-state index contributed by atoms with van der Waals surface area (Å²) in [6.07, 6.45) is 1.00. The normalized spacial score (nSPS) is 15.8. The zero-order chi connectivity index (χ0) is 14.5. The Balaban J connectivity index is 1.92. The molecule has 1 amide bonds. The van der Waals surface area contributed by atoms with Crippen LogP contribution in [0.15, 0.2) is 16.6 Å². The Morgan fingerprint density at radius 2 is 2.00 bits per heavy atom. The van der Waals surface area contributed by atoms with E-state index in [1.165, 1.54) is 0 Å². The number of rotatable bonds is 3. The molecule has 1 heterocycles. The first-order valence-corrected chi connectivity index (χ1v) is 7.75. The van der Waals surface area contributed by atoms with Gasteiger partial charge in [0.2, 0.25) is 0 Å². The molecule has 1 N–H and O–H groups in total. The minimum absolute atomic E-state index is 0.0620. The molecule has 2 rings (SSSR count). The molecule has 20 heavy (non-hydrogen) atoms. The highest BCUT2D eigenvalue weighted by Gasteiger charge is 2.15. The Morgan fingerprint density at radius 3 is 2.70 bits per heavy atom. The maximum Gasteiger partial charge on any atom is 0.260 e. The third kappa shape index (κ3) is 3.96. The first kappa shape index (κ1) is 15.3. The van der Waals surface area contributed by atoms with Crippen LogP contribution in [0.5, 0.6) is 5.75 Å². The molecule has 1 fully saturated rings. The van der Waals surface area contributed by atoms with Gasteiger partial charge < -0.3 is 15.0 Å². The number of amides is 1. The van der Waals surface area contributed by atoms with Crippen LogP contribution >= 0.6 is 15.9 Å². The van der Waals surface area contributed by atoms with Gasteiger partial charge in [-0.3, -0.25) is 4.79 Å². The Morgan fingerprint density at radius 1 is 1.30 bits per heavy atom. The number of benzene rings is 1. The molecule has 0 aliphatic carbocycles. The summed E-state index contributed by atoms with van der Waals surface area (Å²) < 4.78 is 6.74. The van der Waals surface area contributed by atoms with Crippen molar-refractivity contribution in [3.63, 3.8) is 0 Å². The highest BCUT2D eigenvalue weighted by molar-refractivity contribution is 9.10. The minimum Gasteiger partial charge on any atom is -0.484 e. The fourth-order valence-electron chi connectivity index (χ4n) is 2.32. The summed E-state index contributed by atoms with van der Waals surface area (Å²) in [6.45, 7) is 7.57. The summed E-state index contributed by atoms with van der Waals surface area (Å²) in [5.41, 5.74) is 2.23. The van der Waals surface area contributed by atoms with Gasteiger partial charge in [0.05, 0.1) is 0 Å². The van der Waals surface area contributed by atoms with Crippen molar-refractivity contribution in [3.8, 4) is 5.75 Å². The highest BCUT2D eigenvalue weighted by Crippen LogP contribution is 2.26. The van der Waals surface area contributed by atoms with E-state index in [1.54, 1.807) is 0 Å². The number of carbonyl (C=O) groups is 1. The summed E-state index contributed by atoms with van der Waals surface area (Å²) >= 11 is 3.53. The third-order valence-corrected chi connectivity index (χ3v) is 4.72. The number of hydrogen-bond acceptors (Lipinski definition) is 3. The molecule has 110 valence electrons. The zero-order valence-electron chi connectivity index (χ0n) is 12.0. The summed E-state index contributed by atoms with van der Waals surface area (Å²) in [4.78, 5) is 14.0. The Labute approximate surface area is 128 Å². The molecule has 1 aromatic carbocycles. The van der Waals surface area contributed by atoms with Crippen molar-refractivity contribution >= 4 is 21.8 Å². The van der Waals surface area contributed by atoms with E-state index in [2.05, 4.69) is 21.2 Å². The van der Waals surface area contributed by atoms with Crippen molar-refractivity contribution < 1.29 is 9.53 Å². The molecule has 0 unspecified atom stereocenters. The van der Waals surface area contributed by atoms with Crippen LogP contribution in [0, 0.1) is 13.8 Å². The molecule has 5 heteroatoms. The lowest BCUT2D eigenvalue weighted by molar-refractivity contribution is -0.133. The second-order valence-electron chi connectivity index (χ2n) is 5.14. The van der Waals surface area contributed by atoms with Crippen LogP contribution in [0.3, 0.4) is 0 Å². The number of aryl methyl sites for hydroxylation is 2. The fourth-order valence-corrected chi connectivity index (χ4v) is 2.55. The van der Waals surface area contributed by atoms with Crippen molar-refractivity contribution in [1.82, 2.24) is 10.2 Å². The monoisotopic (exact) mass is 340 g/mol. The van der Waals surface area contributed by atoms with Crippen LogP contribution in [-0.2, 0) is 4.79 Å². The lowest BCUT2D eigenvalue weighted by Crippen LogP contribution is -2.37. The van der Waals surface area contributed by atoms with E-state index in [-0.39, 0.29) is 12.5 Å². The van der Waals surface area contributed by atoms with Crippen LogP contribution in [0.1, 0.15) is 17.5 Å². The number of carbonyl (C=O) groups excluding carboxylic acids is 1. The van der Waals surface area contributed by atoms with Gasteiger partial charge in [-0.1, -0.05) is 15.9 Å². The highest BCUT2D eigenvalue weighted by atomic mass is 79.9. The van der Waals surface area contributed by atoms with Gasteiger partial charge in [0.15, 0.2) is 6.61 Å². The van der Waals surface area contributed by atoms with E-state index in [9.17, 15) is 4.79 Å². The quantitative estimate of drug-likeness (QED) is 0.917. The topological polar surface area (TPSA) is 41.6 Å². The van der Waals surface area contributed by atoms with Gasteiger partial charge in [-0.05, 0) is 50.1 Å². The van der Waals surface area contributed by atoms with Gasteiger partial charge in [0.25, 0.3) is 5.91 Å². The van der Waals surface area contributed by atoms with Crippen LogP contribution in [0.2, 0.25) is 0 Å². The standard InChI is InChI=1S/C15H21BrN2O2/c1-11-8-13(9-12(2)15(11)16)20-10-14(19)18-6-3-4-17-5-7-18/h8-9,17H,3-7,10H2,1-2H3. The third-order valence-electron chi connectivity index (χ3n) is 3.47. The molecule has 1 aliphatic heterocycles. The van der Waals surface area contributed by atoms with Gasteiger partial charge in [-0.2, -0.15) is 0 Å². The van der Waals surface area contributed by atoms with Gasteiger partial charge >= 0.3 is 0 Å². The smallest absolute Gasteiger partial charge is 0.260 e. The molecule has 0 radical (unpaired) electrons. The van der Waals surface area contributed by atoms with E-state index in [0.29, 0.717) is 0 Å². The second kappa shape index (κ2) is 7.09. The van der Waals surface area contributed by atoms with Crippen LogP contribution in [0.25, 0.3) is 0 Å². The molecule has 0 spiro atoms. The van der Waals surface area contributed by atoms with Crippen LogP contribution < -0.4 is 10.1 Å². The fraction of sp³-hybridized carbons (Fsp3) is 0.533. The summed E-state index contributed by atoms with van der Waals surface area (Å²) in [5, 5.41) is 3.29. The Hall–Kier alpha value is -1.07. The first-order valence-electron chi connectivity index (χ1n) is 6.96. The van der Waals surface area contributed by atoms with Gasteiger partial charge in [0, 0.05) is 24.1 Å². The maximum atomic E-state index is 12.1. The molecule has 0 bridgehead atoms. The summed E-state index contributed by atoms with van der Waals surface area (Å²) in [6, 6.07) is 3.91. The van der Waals surface area contributed by atoms with Crippen molar-refractivity contribution in [1.29, 1.82) is 0 Å². The van der Waals surface area contributed by atoms with Crippen molar-refractivity contribution in [2.45, 2.75) is 20.3 Å². The van der Waals surface area contributed by atoms with E-state index < -0.39 is 0 Å². The molecular weight excluding hydrogens is 320 g/mol. The largest absolute Gasteiger partial charge is 0.484 e. The minimum atomic E-state index is 0.0620. The molecule has 0 saturated carbocycles. The van der Waals surface area contributed by atoms with Gasteiger partial charge in [-0.15, -0.1) is 0 Å². The lowest BCUT2D eigenvalue weighted by atomic mass is 10.1. The van der Waals surface area contributed by atoms with Crippen molar-refractivity contribution in [3.05, 3.63) is 27.7 Å². The molecule has 1 aliphatic rings. The maximum absolute atomic E-state index is 12.1. The number of hydrogen-bond donors (Lipinski definition) is 1. The van der Waals surface area contributed by atoms with Gasteiger partial charge in [-0.25, -0.2) is 0 Å². The van der Waals surface area contributed by atoms with Crippen LogP contribution in [-0.4, -0.2) is 43.6 Å². The zero-order valence-corrected chi connectivity index (χ0v) is 13.6. The molecule has 1 aromatic rings. The summed E-state index contributed by atoms with van der Waals surface area (Å²) in [5.74, 6) is 0.816. The molecule has 0 aromatic heterocycles. The number of ether oxygens (including phenoxy) is 1. The van der Waals surface area contributed by atoms with E-state index >= 15 is 0 Å². The average Bonchev–Trinajstić information content (AvgIpc) is 2.71. The number of nitrogens with zero attached hydrogens (tertiary/aromatic N) is 1. The molecular formula is C15H21BrN2O2. The Kier molecular flexibility index (Phi) is 5.43. The molecule has 1 saturated heterocycles. The average molecular weight is 341 g/mol. The van der Waals surface area contributed by atoms with Crippen LogP contribution in [0.4, 0.5) is 0 Å². The summed E-state index contributed by atoms with van der Waals surface area (Å²) in [7, 11) is 0. The van der Waals surface area contributed by atoms with E-state index in [1.807, 2.05) is 30.9 Å². The SMILES string of the molecule is Cc1cc(OCC(=O)N2CCCNCC2)cc(C)c1Br. The number of nitrogens with one attached hydrogen (secondary N) is 1. The lowest BCUT2D eigenvalue weighted by Gasteiger charge is -2.20. The van der Waals surface area contributed by atoms with Crippen molar-refractivity contribution in [2.75, 3.05) is 32.8 Å².